The number of esters is 12. The summed E-state index contributed by atoms with van der Waals surface area (Å²) in [5.41, 5.74) is -0.140. The lowest BCUT2D eigenvalue weighted by Gasteiger charge is -2.34. The van der Waals surface area contributed by atoms with Crippen molar-refractivity contribution in [3.05, 3.63) is 74.4 Å². The molecule has 12 bridgehead atoms. The van der Waals surface area contributed by atoms with Crippen molar-refractivity contribution < 1.29 is 114 Å². The molecule has 498 valence electrons. The zero-order valence-corrected chi connectivity index (χ0v) is 53.0. The Morgan fingerprint density at radius 2 is 0.725 bits per heavy atom. The molecule has 12 rings (SSSR count). The molecule has 6 saturated heterocycles. The normalized spacial score (nSPS) is 36.4. The molecule has 20 unspecified atom stereocenters. The highest BCUT2D eigenvalue weighted by molar-refractivity contribution is 5.89. The highest BCUT2D eigenvalue weighted by Crippen LogP contribution is 2.46. The summed E-state index contributed by atoms with van der Waals surface area (Å²) >= 11 is 0. The highest BCUT2D eigenvalue weighted by Gasteiger charge is 2.56. The molecular weight excluding hydrogens is 1190 g/mol. The van der Waals surface area contributed by atoms with Gasteiger partial charge in [-0.3, -0.25) is 28.8 Å². The van der Waals surface area contributed by atoms with Gasteiger partial charge in [-0.2, -0.15) is 0 Å². The Hall–Kier alpha value is -7.92. The monoisotopic (exact) mass is 1270 g/mol. The first-order valence-electron chi connectivity index (χ1n) is 31.2. The summed E-state index contributed by atoms with van der Waals surface area (Å²) in [6.45, 7) is 33.0. The summed E-state index contributed by atoms with van der Waals surface area (Å²) in [7, 11) is 0. The molecule has 12 aliphatic rings. The van der Waals surface area contributed by atoms with Crippen LogP contribution in [0.15, 0.2) is 74.4 Å². The van der Waals surface area contributed by atoms with Crippen LogP contribution in [0.3, 0.4) is 0 Å². The third kappa shape index (κ3) is 17.4. The zero-order valence-electron chi connectivity index (χ0n) is 53.0. The van der Waals surface area contributed by atoms with Gasteiger partial charge in [0.25, 0.3) is 0 Å². The maximum Gasteiger partial charge on any atom is 0.333 e. The van der Waals surface area contributed by atoms with E-state index in [-0.39, 0.29) is 144 Å². The van der Waals surface area contributed by atoms with Crippen LogP contribution < -0.4 is 0 Å². The first-order chi connectivity index (χ1) is 42.8. The summed E-state index contributed by atoms with van der Waals surface area (Å²) < 4.78 is 62.5. The van der Waals surface area contributed by atoms with E-state index in [1.54, 1.807) is 20.8 Å². The zero-order chi connectivity index (χ0) is 67.0. The Morgan fingerprint density at radius 1 is 0.396 bits per heavy atom. The van der Waals surface area contributed by atoms with Gasteiger partial charge in [-0.15, -0.1) is 0 Å². The largest absolute Gasteiger partial charge is 0.458 e. The first-order valence-corrected chi connectivity index (χ1v) is 31.2. The van der Waals surface area contributed by atoms with Crippen LogP contribution in [-0.2, 0) is 114 Å². The molecule has 0 aromatic rings. The van der Waals surface area contributed by atoms with Crippen LogP contribution in [0.25, 0.3) is 0 Å². The predicted octanol–water partition coefficient (Wildman–Crippen LogP) is 7.30. The van der Waals surface area contributed by atoms with Crippen LogP contribution in [0.4, 0.5) is 0 Å². The molecule has 0 radical (unpaired) electrons. The molecular formula is C67H86O24. The molecule has 0 aromatic carbocycles. The Bertz CT molecular complexity index is 2890. The van der Waals surface area contributed by atoms with E-state index in [0.717, 1.165) is 56.8 Å². The average Bonchev–Trinajstić information content (AvgIpc) is 1.81. The van der Waals surface area contributed by atoms with Gasteiger partial charge in [0, 0.05) is 73.5 Å². The van der Waals surface area contributed by atoms with E-state index in [4.69, 9.17) is 56.8 Å². The van der Waals surface area contributed by atoms with Crippen molar-refractivity contribution >= 4 is 71.6 Å². The van der Waals surface area contributed by atoms with Crippen LogP contribution in [-0.4, -0.2) is 144 Å². The van der Waals surface area contributed by atoms with E-state index in [1.165, 1.54) is 0 Å². The Kier molecular flexibility index (Phi) is 23.3. The van der Waals surface area contributed by atoms with Crippen molar-refractivity contribution in [3.8, 4) is 0 Å². The molecule has 24 heteroatoms. The molecule has 0 spiro atoms. The molecule has 91 heavy (non-hydrogen) atoms. The van der Waals surface area contributed by atoms with Crippen molar-refractivity contribution in [1.29, 1.82) is 0 Å². The number of hydrogen-bond acceptors (Lipinski definition) is 24. The van der Waals surface area contributed by atoms with Gasteiger partial charge >= 0.3 is 71.6 Å². The second-order valence-electron chi connectivity index (χ2n) is 26.1. The minimum absolute atomic E-state index is 0.000204. The van der Waals surface area contributed by atoms with Gasteiger partial charge in [0.1, 0.15) is 72.2 Å². The van der Waals surface area contributed by atoms with Crippen LogP contribution in [0, 0.1) is 47.3 Å². The van der Waals surface area contributed by atoms with E-state index in [0.29, 0.717) is 80.9 Å². The van der Waals surface area contributed by atoms with Gasteiger partial charge in [-0.1, -0.05) is 53.3 Å². The third-order valence-electron chi connectivity index (χ3n) is 18.7. The van der Waals surface area contributed by atoms with E-state index < -0.39 is 47.0 Å². The first kappa shape index (κ1) is 70.5. The number of carbonyl (C=O) groups excluding carboxylic acids is 12. The number of hydrogen-bond donors (Lipinski definition) is 0. The third-order valence-corrected chi connectivity index (χ3v) is 18.7. The average molecular weight is 1280 g/mol. The number of rotatable bonds is 12. The molecule has 12 fully saturated rings. The number of fused-ring (bicyclic) bond motifs is 12. The van der Waals surface area contributed by atoms with Gasteiger partial charge in [-0.25, -0.2) is 28.8 Å². The van der Waals surface area contributed by atoms with Gasteiger partial charge in [0.15, 0.2) is 0 Å². The molecule has 20 atom stereocenters. The quantitative estimate of drug-likeness (QED) is 0.105. The fourth-order valence-electron chi connectivity index (χ4n) is 13.7. The van der Waals surface area contributed by atoms with E-state index >= 15 is 0 Å². The number of carbonyl (C=O) groups is 12. The lowest BCUT2D eigenvalue weighted by molar-refractivity contribution is -0.170. The van der Waals surface area contributed by atoms with Crippen molar-refractivity contribution in [2.24, 2.45) is 47.3 Å². The predicted molar refractivity (Wildman–Crippen MR) is 316 cm³/mol. The van der Waals surface area contributed by atoms with Gasteiger partial charge < -0.3 is 56.8 Å². The molecule has 6 aliphatic carbocycles. The lowest BCUT2D eigenvalue weighted by Crippen LogP contribution is -2.44. The standard InChI is InChI=1S/2C12H16O4.3C11H14O4.C10H12O4/c1-6(2)11(13)16-10-7(3)4-8-5-9(10)15-12(8)14;1-7(2)10(13)15-9-5-4-8-6-12(9,3)16-11(8)14;1-6(2)10(12)14-8-4-3-7-5-9(8)15-11(7)13;1-3-9(12)15-10-6(2)4-7-5-8(10)14-11(7)13;1-3-9(12)14-8-5-4-7-6-11(8,2)15-10(7)13;1-2-9(11)13-7-4-3-6-5-8(7)14-10(6)12/h7-10H,1,4-5H2,2-3H3;8-9H,1,4-6H2,2-3H3;7-9H,1,3-5H2,2H3;3,6-8,10H,1,4-5H2,2H3;3,7-8H,1,4-6H2,2H3;2,6-8H,1,3-5H2. The fourth-order valence-corrected chi connectivity index (χ4v) is 13.7. The van der Waals surface area contributed by atoms with E-state index in [2.05, 4.69) is 39.5 Å². The van der Waals surface area contributed by atoms with Gasteiger partial charge in [-0.05, 0) is 111 Å². The van der Waals surface area contributed by atoms with E-state index in [9.17, 15) is 57.5 Å². The van der Waals surface area contributed by atoms with Gasteiger partial charge in [0.2, 0.25) is 0 Å². The Balaban J connectivity index is 0.000000155. The van der Waals surface area contributed by atoms with Crippen LogP contribution in [0.1, 0.15) is 151 Å². The molecule has 6 aliphatic heterocycles. The Morgan fingerprint density at radius 3 is 1.15 bits per heavy atom. The van der Waals surface area contributed by atoms with Crippen molar-refractivity contribution in [2.75, 3.05) is 0 Å². The minimum atomic E-state index is -0.634. The van der Waals surface area contributed by atoms with Crippen LogP contribution >= 0.6 is 0 Å². The Labute approximate surface area is 529 Å². The second-order valence-corrected chi connectivity index (χ2v) is 26.1. The molecule has 0 N–H and O–H groups in total. The molecule has 0 amide bonds. The molecule has 6 saturated carbocycles. The smallest absolute Gasteiger partial charge is 0.333 e. The summed E-state index contributed by atoms with van der Waals surface area (Å²) in [5, 5.41) is 0. The van der Waals surface area contributed by atoms with E-state index in [1.807, 2.05) is 27.7 Å². The van der Waals surface area contributed by atoms with Crippen LogP contribution in [0.2, 0.25) is 0 Å². The summed E-state index contributed by atoms with van der Waals surface area (Å²) in [5.74, 6) is -3.10. The molecule has 24 nitrogen and oxygen atoms in total. The van der Waals surface area contributed by atoms with Crippen molar-refractivity contribution in [2.45, 2.75) is 223 Å². The summed E-state index contributed by atoms with van der Waals surface area (Å²) in [4.78, 5) is 135. The summed E-state index contributed by atoms with van der Waals surface area (Å²) in [6, 6.07) is 0. The van der Waals surface area contributed by atoms with Crippen molar-refractivity contribution in [3.63, 3.8) is 0 Å². The van der Waals surface area contributed by atoms with Gasteiger partial charge in [0.05, 0.1) is 35.5 Å². The summed E-state index contributed by atoms with van der Waals surface area (Å²) in [6.07, 6.45) is 11.9. The van der Waals surface area contributed by atoms with Crippen molar-refractivity contribution in [1.82, 2.24) is 0 Å². The number of ether oxygens (including phenoxy) is 12. The topological polar surface area (TPSA) is 316 Å². The fraction of sp³-hybridized carbons (Fsp3) is 0.642. The maximum absolute atomic E-state index is 11.5. The maximum atomic E-state index is 11.5. The molecule has 0 aromatic heterocycles. The minimum Gasteiger partial charge on any atom is -0.458 e. The molecule has 6 heterocycles. The highest BCUT2D eigenvalue weighted by atomic mass is 16.6. The second kappa shape index (κ2) is 30.0. The lowest BCUT2D eigenvalue weighted by atomic mass is 9.80. The SMILES string of the molecule is C=C(C)C(=O)OC1C(C)CC2CC1OC2=O.C=C(C)C(=O)OC1CCC2CC1(C)OC2=O.C=C(C)C(=O)OC1CCC2CC1OC2=O.C=CC(=O)OC1C(C)CC2CC1OC2=O.C=CC(=O)OC1CCC2CC1(C)OC2=O.C=CC(=O)OC1CCC2CC1OC2=O. The van der Waals surface area contributed by atoms with Crippen LogP contribution in [0.5, 0.6) is 0 Å².